The van der Waals surface area contributed by atoms with E-state index in [1.54, 1.807) is 0 Å². The zero-order valence-corrected chi connectivity index (χ0v) is 15.6. The second-order valence-corrected chi connectivity index (χ2v) is 6.50. The van der Waals surface area contributed by atoms with E-state index in [0.29, 0.717) is 12.8 Å². The monoisotopic (exact) mass is 356 g/mol. The molecule has 0 bridgehead atoms. The molecule has 0 amide bonds. The summed E-state index contributed by atoms with van der Waals surface area (Å²) in [6.45, 7) is 0.726. The average Bonchev–Trinajstić information content (AvgIpc) is 2.73. The highest BCUT2D eigenvalue weighted by Crippen LogP contribution is 2.12. The third-order valence-electron chi connectivity index (χ3n) is 4.34. The largest absolute Gasteiger partial charge is 0.295 e. The first-order chi connectivity index (χ1) is 13.2. The number of carbonyl (C=O) groups excluding carboxylic acids is 1. The molecule has 0 heterocycles. The predicted molar refractivity (Wildman–Crippen MR) is 111 cm³/mol. The van der Waals surface area contributed by atoms with Gasteiger partial charge >= 0.3 is 0 Å². The molecular formula is C24H24N2O. The SMILES string of the molecule is CN(Cc1ccccc1)/N=C(/CCC(=O)c1ccccc1)c1ccccc1. The second-order valence-electron chi connectivity index (χ2n) is 6.50. The topological polar surface area (TPSA) is 32.7 Å². The lowest BCUT2D eigenvalue weighted by molar-refractivity contribution is 0.0984. The number of rotatable bonds is 8. The van der Waals surface area contributed by atoms with Crippen molar-refractivity contribution in [3.8, 4) is 0 Å². The van der Waals surface area contributed by atoms with Crippen molar-refractivity contribution in [3.63, 3.8) is 0 Å². The molecule has 3 nitrogen and oxygen atoms in total. The van der Waals surface area contributed by atoms with Gasteiger partial charge in [-0.25, -0.2) is 0 Å². The van der Waals surface area contributed by atoms with Gasteiger partial charge in [-0.3, -0.25) is 9.80 Å². The smallest absolute Gasteiger partial charge is 0.163 e. The summed E-state index contributed by atoms with van der Waals surface area (Å²) in [5.74, 6) is 0.143. The molecule has 0 fully saturated rings. The summed E-state index contributed by atoms with van der Waals surface area (Å²) in [5.41, 5.74) is 3.94. The third-order valence-corrected chi connectivity index (χ3v) is 4.34. The molecule has 0 saturated heterocycles. The van der Waals surface area contributed by atoms with Gasteiger partial charge in [0.25, 0.3) is 0 Å². The highest BCUT2D eigenvalue weighted by Gasteiger charge is 2.11. The van der Waals surface area contributed by atoms with E-state index < -0.39 is 0 Å². The Bertz CT molecular complexity index is 874. The lowest BCUT2D eigenvalue weighted by atomic mass is 10.0. The number of benzene rings is 3. The van der Waals surface area contributed by atoms with Crippen molar-refractivity contribution >= 4 is 11.5 Å². The lowest BCUT2D eigenvalue weighted by Gasteiger charge is -2.16. The predicted octanol–water partition coefficient (Wildman–Crippen LogP) is 5.19. The summed E-state index contributed by atoms with van der Waals surface area (Å²) in [6.07, 6.45) is 1.05. The summed E-state index contributed by atoms with van der Waals surface area (Å²) >= 11 is 0. The van der Waals surface area contributed by atoms with Gasteiger partial charge in [0.05, 0.1) is 12.3 Å². The molecule has 3 heteroatoms. The molecule has 27 heavy (non-hydrogen) atoms. The first-order valence-electron chi connectivity index (χ1n) is 9.18. The maximum atomic E-state index is 12.5. The molecule has 0 N–H and O–H groups in total. The van der Waals surface area contributed by atoms with Gasteiger partial charge in [-0.15, -0.1) is 0 Å². The van der Waals surface area contributed by atoms with Crippen molar-refractivity contribution in [3.05, 3.63) is 108 Å². The summed E-state index contributed by atoms with van der Waals surface area (Å²) in [6, 6.07) is 29.8. The molecule has 0 radical (unpaired) electrons. The van der Waals surface area contributed by atoms with Crippen LogP contribution in [0.3, 0.4) is 0 Å². The van der Waals surface area contributed by atoms with E-state index in [1.807, 2.05) is 90.9 Å². The molecule has 0 aliphatic carbocycles. The van der Waals surface area contributed by atoms with Gasteiger partial charge in [0.1, 0.15) is 0 Å². The van der Waals surface area contributed by atoms with Crippen LogP contribution in [0.25, 0.3) is 0 Å². The van der Waals surface area contributed by atoms with E-state index in [2.05, 4.69) is 12.1 Å². The minimum Gasteiger partial charge on any atom is -0.295 e. The number of Topliss-reactive ketones (excluding diaryl/α,β-unsaturated/α-hetero) is 1. The third kappa shape index (κ3) is 5.65. The van der Waals surface area contributed by atoms with Crippen LogP contribution in [0.15, 0.2) is 96.1 Å². The zero-order chi connectivity index (χ0) is 18.9. The van der Waals surface area contributed by atoms with Crippen molar-refractivity contribution in [1.82, 2.24) is 5.01 Å². The van der Waals surface area contributed by atoms with E-state index in [-0.39, 0.29) is 5.78 Å². The first kappa shape index (κ1) is 18.6. The maximum absolute atomic E-state index is 12.5. The van der Waals surface area contributed by atoms with Gasteiger partial charge in [-0.1, -0.05) is 91.0 Å². The molecular weight excluding hydrogens is 332 g/mol. The van der Waals surface area contributed by atoms with Crippen LogP contribution in [0.5, 0.6) is 0 Å². The Morgan fingerprint density at radius 3 is 1.85 bits per heavy atom. The highest BCUT2D eigenvalue weighted by molar-refractivity contribution is 6.04. The molecule has 0 unspecified atom stereocenters. The fraction of sp³-hybridized carbons (Fsp3) is 0.167. The van der Waals surface area contributed by atoms with Gasteiger partial charge < -0.3 is 0 Å². The van der Waals surface area contributed by atoms with E-state index in [9.17, 15) is 4.79 Å². The van der Waals surface area contributed by atoms with E-state index in [4.69, 9.17) is 5.10 Å². The van der Waals surface area contributed by atoms with Crippen LogP contribution in [0.1, 0.15) is 34.3 Å². The van der Waals surface area contributed by atoms with Crippen LogP contribution in [0.2, 0.25) is 0 Å². The van der Waals surface area contributed by atoms with E-state index in [1.165, 1.54) is 5.56 Å². The molecule has 3 rings (SSSR count). The Labute approximate surface area is 161 Å². The van der Waals surface area contributed by atoms with Gasteiger partial charge in [0.15, 0.2) is 5.78 Å². The number of carbonyl (C=O) groups is 1. The van der Waals surface area contributed by atoms with Crippen molar-refractivity contribution < 1.29 is 4.79 Å². The fourth-order valence-corrected chi connectivity index (χ4v) is 2.97. The Kier molecular flexibility index (Phi) is 6.53. The molecule has 0 saturated carbocycles. The Balaban J connectivity index is 1.74. The van der Waals surface area contributed by atoms with Gasteiger partial charge in [0.2, 0.25) is 0 Å². The molecule has 0 aromatic heterocycles. The Morgan fingerprint density at radius 2 is 1.26 bits per heavy atom. The highest BCUT2D eigenvalue weighted by atomic mass is 16.1. The van der Waals surface area contributed by atoms with Crippen LogP contribution in [0.4, 0.5) is 0 Å². The molecule has 3 aromatic rings. The van der Waals surface area contributed by atoms with E-state index in [0.717, 1.165) is 23.4 Å². The standard InChI is InChI=1S/C24H24N2O/c1-26(19-20-11-5-2-6-12-20)25-23(21-13-7-3-8-14-21)17-18-24(27)22-15-9-4-10-16-22/h2-16H,17-19H2,1H3/b25-23-. The van der Waals surface area contributed by atoms with Gasteiger partial charge in [-0.05, 0) is 17.5 Å². The number of nitrogens with zero attached hydrogens (tertiary/aromatic N) is 2. The van der Waals surface area contributed by atoms with Gasteiger partial charge in [0, 0.05) is 19.0 Å². The minimum atomic E-state index is 0.143. The molecule has 0 aliphatic rings. The van der Waals surface area contributed by atoms with Crippen LogP contribution in [-0.2, 0) is 6.54 Å². The summed E-state index contributed by atoms with van der Waals surface area (Å²) < 4.78 is 0. The molecule has 3 aromatic carbocycles. The number of hydrogen-bond acceptors (Lipinski definition) is 3. The van der Waals surface area contributed by atoms with Crippen LogP contribution < -0.4 is 0 Å². The summed E-state index contributed by atoms with van der Waals surface area (Å²) in [7, 11) is 1.97. The molecule has 0 atom stereocenters. The summed E-state index contributed by atoms with van der Waals surface area (Å²) in [5, 5.41) is 6.74. The van der Waals surface area contributed by atoms with Crippen LogP contribution in [-0.4, -0.2) is 23.6 Å². The Hall–Kier alpha value is -3.20. The number of ketones is 1. The zero-order valence-electron chi connectivity index (χ0n) is 15.6. The quantitative estimate of drug-likeness (QED) is 0.316. The van der Waals surface area contributed by atoms with Crippen molar-refractivity contribution in [2.75, 3.05) is 7.05 Å². The second kappa shape index (κ2) is 9.48. The lowest BCUT2D eigenvalue weighted by Crippen LogP contribution is -2.16. The van der Waals surface area contributed by atoms with Crippen molar-refractivity contribution in [1.29, 1.82) is 0 Å². The van der Waals surface area contributed by atoms with Crippen molar-refractivity contribution in [2.24, 2.45) is 5.10 Å². The average molecular weight is 356 g/mol. The minimum absolute atomic E-state index is 0.143. The van der Waals surface area contributed by atoms with Crippen LogP contribution in [0, 0.1) is 0 Å². The molecule has 136 valence electrons. The molecule has 0 aliphatic heterocycles. The fourth-order valence-electron chi connectivity index (χ4n) is 2.97. The summed E-state index contributed by atoms with van der Waals surface area (Å²) in [4.78, 5) is 12.5. The normalized spacial score (nSPS) is 11.2. The number of hydrazone groups is 1. The van der Waals surface area contributed by atoms with Crippen molar-refractivity contribution in [2.45, 2.75) is 19.4 Å². The van der Waals surface area contributed by atoms with Crippen LogP contribution >= 0.6 is 0 Å². The van der Waals surface area contributed by atoms with Gasteiger partial charge in [-0.2, -0.15) is 5.10 Å². The molecule has 0 spiro atoms. The Morgan fingerprint density at radius 1 is 0.741 bits per heavy atom. The number of hydrogen-bond donors (Lipinski definition) is 0. The van der Waals surface area contributed by atoms with E-state index >= 15 is 0 Å². The first-order valence-corrected chi connectivity index (χ1v) is 9.18. The maximum Gasteiger partial charge on any atom is 0.163 e.